The molecule has 0 aromatic rings. The summed E-state index contributed by atoms with van der Waals surface area (Å²) in [5.41, 5.74) is 0. The van der Waals surface area contributed by atoms with Crippen LogP contribution in [0.1, 0.15) is 13.8 Å². The summed E-state index contributed by atoms with van der Waals surface area (Å²) in [6.07, 6.45) is 0. The molecule has 100 valence electrons. The third-order valence-electron chi connectivity index (χ3n) is 1.53. The minimum atomic E-state index is -2.77. The van der Waals surface area contributed by atoms with Crippen LogP contribution in [0.4, 0.5) is 0 Å². The number of nitrogens with one attached hydrogen (secondary N) is 1. The van der Waals surface area contributed by atoms with E-state index in [0.29, 0.717) is 6.61 Å². The lowest BCUT2D eigenvalue weighted by Crippen LogP contribution is -2.31. The van der Waals surface area contributed by atoms with Gasteiger partial charge in [0, 0.05) is 6.66 Å². The zero-order valence-electron chi connectivity index (χ0n) is 10.2. The number of carbonyl (C=O) groups is 2. The second-order valence-electron chi connectivity index (χ2n) is 3.04. The maximum atomic E-state index is 11.6. The normalized spacial score (nSPS) is 13.8. The van der Waals surface area contributed by atoms with E-state index in [1.54, 1.807) is 13.8 Å². The Hall–Kier alpha value is -0.520. The molecule has 0 saturated heterocycles. The first-order chi connectivity index (χ1) is 7.91. The van der Waals surface area contributed by atoms with E-state index in [1.807, 2.05) is 0 Å². The lowest BCUT2D eigenvalue weighted by Gasteiger charge is -2.11. The zero-order chi connectivity index (χ0) is 13.3. The number of hydrogen-bond donors (Lipinski definition) is 1. The van der Waals surface area contributed by atoms with E-state index in [2.05, 4.69) is 10.1 Å². The first-order valence-corrected chi connectivity index (χ1v) is 8.86. The predicted octanol–water partition coefficient (Wildman–Crippen LogP) is 1.26. The van der Waals surface area contributed by atoms with E-state index in [-0.39, 0.29) is 24.8 Å². The zero-order valence-corrected chi connectivity index (χ0v) is 11.9. The van der Waals surface area contributed by atoms with Crippen molar-refractivity contribution in [1.29, 1.82) is 0 Å². The van der Waals surface area contributed by atoms with Crippen molar-refractivity contribution in [3.8, 4) is 0 Å². The lowest BCUT2D eigenvalue weighted by molar-refractivity contribution is -0.143. The van der Waals surface area contributed by atoms with Crippen LogP contribution >= 0.6 is 18.0 Å². The van der Waals surface area contributed by atoms with Gasteiger partial charge in [0.1, 0.15) is 6.54 Å². The maximum absolute atomic E-state index is 11.6. The van der Waals surface area contributed by atoms with Crippen molar-refractivity contribution in [1.82, 2.24) is 5.32 Å². The van der Waals surface area contributed by atoms with Crippen LogP contribution in [0.5, 0.6) is 0 Å². The summed E-state index contributed by atoms with van der Waals surface area (Å²) in [5, 5.41) is 2.37. The van der Waals surface area contributed by atoms with Gasteiger partial charge in [-0.2, -0.15) is 0 Å². The molecule has 8 heteroatoms. The third-order valence-corrected chi connectivity index (χ3v) is 5.23. The monoisotopic (exact) mass is 283 g/mol. The molecule has 0 aliphatic rings. The maximum Gasteiger partial charge on any atom is 0.325 e. The molecule has 17 heavy (non-hydrogen) atoms. The highest BCUT2D eigenvalue weighted by atomic mass is 32.7. The van der Waals surface area contributed by atoms with Gasteiger partial charge < -0.3 is 14.6 Å². The third kappa shape index (κ3) is 9.21. The molecule has 6 nitrogen and oxygen atoms in total. The molecule has 0 bridgehead atoms. The van der Waals surface area contributed by atoms with E-state index in [9.17, 15) is 14.2 Å². The first-order valence-electron chi connectivity index (χ1n) is 5.20. The Morgan fingerprint density at radius 2 is 1.94 bits per heavy atom. The molecule has 1 amide bonds. The molecular weight excluding hydrogens is 265 g/mol. The number of hydrogen-bond acceptors (Lipinski definition) is 6. The van der Waals surface area contributed by atoms with Gasteiger partial charge in [-0.3, -0.25) is 14.2 Å². The summed E-state index contributed by atoms with van der Waals surface area (Å²) < 4.78 is 21.3. The molecule has 0 aliphatic carbocycles. The average molecular weight is 283 g/mol. The van der Waals surface area contributed by atoms with Crippen LogP contribution < -0.4 is 5.32 Å². The fraction of sp³-hybridized carbons (Fsp3) is 0.778. The van der Waals surface area contributed by atoms with Crippen molar-refractivity contribution in [2.75, 3.05) is 32.2 Å². The summed E-state index contributed by atoms with van der Waals surface area (Å²) in [7, 11) is 0. The van der Waals surface area contributed by atoms with Crippen LogP contribution in [-0.4, -0.2) is 44.1 Å². The van der Waals surface area contributed by atoms with E-state index in [0.717, 1.165) is 11.4 Å². The molecule has 1 N–H and O–H groups in total. The molecule has 0 radical (unpaired) electrons. The van der Waals surface area contributed by atoms with Crippen LogP contribution in [0, 0.1) is 0 Å². The fourth-order valence-corrected chi connectivity index (χ4v) is 3.47. The van der Waals surface area contributed by atoms with Gasteiger partial charge in [0.2, 0.25) is 5.91 Å². The quantitative estimate of drug-likeness (QED) is 0.533. The molecule has 0 aromatic heterocycles. The second-order valence-corrected chi connectivity index (χ2v) is 8.16. The van der Waals surface area contributed by atoms with Crippen molar-refractivity contribution in [2.24, 2.45) is 0 Å². The Kier molecular flexibility index (Phi) is 8.29. The fourth-order valence-electron chi connectivity index (χ4n) is 0.881. The van der Waals surface area contributed by atoms with Gasteiger partial charge in [0.15, 0.2) is 0 Å². The highest BCUT2D eigenvalue weighted by molar-refractivity contribution is 8.56. The minimum absolute atomic E-state index is 0.00676. The van der Waals surface area contributed by atoms with Crippen molar-refractivity contribution in [2.45, 2.75) is 13.8 Å². The van der Waals surface area contributed by atoms with Gasteiger partial charge in [0.25, 0.3) is 6.57 Å². The van der Waals surface area contributed by atoms with E-state index in [4.69, 9.17) is 4.52 Å². The summed E-state index contributed by atoms with van der Waals surface area (Å²) >= 11 is 0.946. The largest absolute Gasteiger partial charge is 0.465 e. The van der Waals surface area contributed by atoms with Gasteiger partial charge in [-0.15, -0.1) is 0 Å². The van der Waals surface area contributed by atoms with Gasteiger partial charge in [-0.1, -0.05) is 11.4 Å². The van der Waals surface area contributed by atoms with Crippen LogP contribution in [0.2, 0.25) is 0 Å². The highest BCUT2D eigenvalue weighted by Gasteiger charge is 2.18. The van der Waals surface area contributed by atoms with Crippen LogP contribution in [0.15, 0.2) is 0 Å². The summed E-state index contributed by atoms with van der Waals surface area (Å²) in [6, 6.07) is 0. The Labute approximate surface area is 105 Å². The van der Waals surface area contributed by atoms with Crippen LogP contribution in [-0.2, 0) is 23.4 Å². The topological polar surface area (TPSA) is 81.7 Å². The van der Waals surface area contributed by atoms with Crippen molar-refractivity contribution in [3.63, 3.8) is 0 Å². The Bertz CT molecular complexity index is 310. The molecule has 0 spiro atoms. The lowest BCUT2D eigenvalue weighted by atomic mass is 10.6. The van der Waals surface area contributed by atoms with E-state index < -0.39 is 12.5 Å². The van der Waals surface area contributed by atoms with Crippen LogP contribution in [0.25, 0.3) is 0 Å². The molecular formula is C9H18NO5PS. The number of amides is 1. The standard InChI is InChI=1S/C9H18NO5PS/c1-4-14-9(12)6-10-8(11)7-17-16(3,13)15-5-2/h4-7H2,1-3H3,(H,10,11). The number of esters is 1. The number of carbonyl (C=O) groups excluding carboxylic acids is 2. The number of rotatable bonds is 8. The molecule has 1 atom stereocenters. The minimum Gasteiger partial charge on any atom is -0.465 e. The van der Waals surface area contributed by atoms with E-state index in [1.165, 1.54) is 6.66 Å². The Balaban J connectivity index is 3.80. The van der Waals surface area contributed by atoms with Gasteiger partial charge in [-0.05, 0) is 13.8 Å². The van der Waals surface area contributed by atoms with Crippen molar-refractivity contribution in [3.05, 3.63) is 0 Å². The molecule has 0 aliphatic heterocycles. The SMILES string of the molecule is CCOC(=O)CNC(=O)CSP(C)(=O)OCC. The van der Waals surface area contributed by atoms with Crippen molar-refractivity contribution < 1.29 is 23.4 Å². The van der Waals surface area contributed by atoms with Gasteiger partial charge >= 0.3 is 5.97 Å². The first kappa shape index (κ1) is 16.5. The molecule has 0 heterocycles. The summed E-state index contributed by atoms with van der Waals surface area (Å²) in [5.74, 6) is -0.868. The van der Waals surface area contributed by atoms with E-state index >= 15 is 0 Å². The number of ether oxygens (including phenoxy) is 1. The molecule has 0 saturated carbocycles. The molecule has 0 rings (SSSR count). The predicted molar refractivity (Wildman–Crippen MR) is 67.3 cm³/mol. The van der Waals surface area contributed by atoms with Crippen LogP contribution in [0.3, 0.4) is 0 Å². The molecule has 0 fully saturated rings. The van der Waals surface area contributed by atoms with Gasteiger partial charge in [0.05, 0.1) is 19.0 Å². The Morgan fingerprint density at radius 3 is 2.47 bits per heavy atom. The van der Waals surface area contributed by atoms with Gasteiger partial charge in [-0.25, -0.2) is 0 Å². The van der Waals surface area contributed by atoms with Crippen molar-refractivity contribution >= 4 is 29.8 Å². The average Bonchev–Trinajstić information content (AvgIpc) is 2.24. The summed E-state index contributed by atoms with van der Waals surface area (Å²) in [4.78, 5) is 22.2. The highest BCUT2D eigenvalue weighted by Crippen LogP contribution is 2.55. The Morgan fingerprint density at radius 1 is 1.29 bits per heavy atom. The smallest absolute Gasteiger partial charge is 0.325 e. The molecule has 0 aromatic carbocycles. The second kappa shape index (κ2) is 8.55. The molecule has 1 unspecified atom stereocenters. The summed E-state index contributed by atoms with van der Waals surface area (Å²) in [6.45, 7) is 2.55.